The van der Waals surface area contributed by atoms with Gasteiger partial charge in [0, 0.05) is 50.8 Å². The number of rotatable bonds is 3. The van der Waals surface area contributed by atoms with Crippen LogP contribution in [0.1, 0.15) is 27.4 Å². The highest BCUT2D eigenvalue weighted by atomic mass is 32.1. The van der Waals surface area contributed by atoms with Gasteiger partial charge in [-0.25, -0.2) is 0 Å². The second kappa shape index (κ2) is 7.44. The summed E-state index contributed by atoms with van der Waals surface area (Å²) in [6.07, 6.45) is 5.51. The molecule has 7 nitrogen and oxygen atoms in total. The highest BCUT2D eigenvalue weighted by molar-refractivity contribution is 7.13. The van der Waals surface area contributed by atoms with Crippen molar-refractivity contribution in [1.29, 1.82) is 0 Å². The molecule has 2 fully saturated rings. The fraction of sp³-hybridized carbons (Fsp3) is 0.526. The molecular weight excluding hydrogens is 362 g/mol. The molecule has 2 aliphatic heterocycles. The number of nitrogens with zero attached hydrogens (tertiary/aromatic N) is 5. The number of carbonyl (C=O) groups is 2. The third-order valence-corrected chi connectivity index (χ3v) is 6.40. The van der Waals surface area contributed by atoms with Gasteiger partial charge in [0.2, 0.25) is 5.91 Å². The van der Waals surface area contributed by atoms with Crippen LogP contribution in [0, 0.1) is 6.92 Å². The van der Waals surface area contributed by atoms with Gasteiger partial charge >= 0.3 is 0 Å². The number of aryl methyl sites for hydroxylation is 2. The van der Waals surface area contributed by atoms with Gasteiger partial charge in [-0.1, -0.05) is 0 Å². The smallest absolute Gasteiger partial charge is 0.264 e. The first kappa shape index (κ1) is 18.2. The minimum absolute atomic E-state index is 0.0970. The summed E-state index contributed by atoms with van der Waals surface area (Å²) in [6.45, 7) is 5.60. The average Bonchev–Trinajstić information content (AvgIpc) is 3.30. The molecule has 4 rings (SSSR count). The molecule has 0 radical (unpaired) electrons. The first-order valence-corrected chi connectivity index (χ1v) is 10.2. The number of hydrogen-bond acceptors (Lipinski definition) is 5. The van der Waals surface area contributed by atoms with E-state index in [0.29, 0.717) is 13.1 Å². The first-order valence-electron chi connectivity index (χ1n) is 9.43. The molecule has 2 aromatic rings. The van der Waals surface area contributed by atoms with Crippen LogP contribution >= 0.6 is 11.3 Å². The summed E-state index contributed by atoms with van der Waals surface area (Å²) < 4.78 is 1.73. The Morgan fingerprint density at radius 3 is 2.59 bits per heavy atom. The quantitative estimate of drug-likeness (QED) is 0.805. The van der Waals surface area contributed by atoms with Gasteiger partial charge in [0.25, 0.3) is 5.91 Å². The Hall–Kier alpha value is -2.19. The Kier molecular flexibility index (Phi) is 5.01. The molecule has 1 atom stereocenters. The molecule has 0 aromatic carbocycles. The van der Waals surface area contributed by atoms with Gasteiger partial charge in [-0.2, -0.15) is 5.10 Å². The Balaban J connectivity index is 1.39. The number of aromatic nitrogens is 2. The van der Waals surface area contributed by atoms with Crippen molar-refractivity contribution in [3.63, 3.8) is 0 Å². The third-order valence-electron chi connectivity index (χ3n) is 5.41. The zero-order valence-corrected chi connectivity index (χ0v) is 16.6. The number of piperazine rings is 1. The van der Waals surface area contributed by atoms with Gasteiger partial charge in [0.05, 0.1) is 22.8 Å². The van der Waals surface area contributed by atoms with Crippen molar-refractivity contribution in [2.75, 3.05) is 37.6 Å². The molecule has 27 heavy (non-hydrogen) atoms. The number of hydrogen-bond donors (Lipinski definition) is 0. The lowest BCUT2D eigenvalue weighted by Gasteiger charge is -2.42. The molecule has 0 saturated carbocycles. The van der Waals surface area contributed by atoms with E-state index in [1.54, 1.807) is 22.2 Å². The van der Waals surface area contributed by atoms with E-state index in [1.165, 1.54) is 0 Å². The van der Waals surface area contributed by atoms with Crippen molar-refractivity contribution in [1.82, 2.24) is 19.6 Å². The van der Waals surface area contributed by atoms with Gasteiger partial charge in [0.15, 0.2) is 0 Å². The van der Waals surface area contributed by atoms with E-state index >= 15 is 0 Å². The second-order valence-electron chi connectivity index (χ2n) is 7.26. The molecule has 2 saturated heterocycles. The van der Waals surface area contributed by atoms with Crippen LogP contribution in [0.3, 0.4) is 0 Å². The minimum atomic E-state index is -0.0970. The van der Waals surface area contributed by atoms with E-state index in [2.05, 4.69) is 10.00 Å². The van der Waals surface area contributed by atoms with Crippen LogP contribution in [0.2, 0.25) is 0 Å². The minimum Gasteiger partial charge on any atom is -0.335 e. The lowest BCUT2D eigenvalue weighted by atomic mass is 10.0. The molecule has 0 spiro atoms. The van der Waals surface area contributed by atoms with E-state index in [4.69, 9.17) is 0 Å². The summed E-state index contributed by atoms with van der Waals surface area (Å²) in [7, 11) is 1.86. The Morgan fingerprint density at radius 2 is 1.96 bits per heavy atom. The van der Waals surface area contributed by atoms with Crippen molar-refractivity contribution >= 4 is 28.8 Å². The molecule has 0 unspecified atom stereocenters. The second-order valence-corrected chi connectivity index (χ2v) is 8.55. The van der Waals surface area contributed by atoms with E-state index in [1.807, 2.05) is 42.1 Å². The predicted molar refractivity (Wildman–Crippen MR) is 105 cm³/mol. The van der Waals surface area contributed by atoms with Crippen LogP contribution in [0.4, 0.5) is 5.69 Å². The summed E-state index contributed by atoms with van der Waals surface area (Å²) in [5.74, 6) is 0.266. The number of piperidine rings is 1. The van der Waals surface area contributed by atoms with Crippen LogP contribution in [-0.4, -0.2) is 70.2 Å². The lowest BCUT2D eigenvalue weighted by Crippen LogP contribution is -2.58. The molecule has 2 aliphatic rings. The van der Waals surface area contributed by atoms with Crippen molar-refractivity contribution in [3.05, 3.63) is 34.3 Å². The van der Waals surface area contributed by atoms with Crippen LogP contribution in [-0.2, 0) is 11.8 Å². The molecule has 2 aromatic heterocycles. The van der Waals surface area contributed by atoms with Crippen LogP contribution < -0.4 is 4.90 Å². The zero-order valence-electron chi connectivity index (χ0n) is 15.8. The topological polar surface area (TPSA) is 61.7 Å². The molecule has 4 heterocycles. The maximum Gasteiger partial charge on any atom is 0.264 e. The fourth-order valence-corrected chi connectivity index (χ4v) is 4.78. The molecule has 0 bridgehead atoms. The largest absolute Gasteiger partial charge is 0.335 e. The van der Waals surface area contributed by atoms with Gasteiger partial charge in [-0.3, -0.25) is 19.2 Å². The molecule has 144 valence electrons. The van der Waals surface area contributed by atoms with Crippen molar-refractivity contribution in [2.24, 2.45) is 7.05 Å². The normalized spacial score (nSPS) is 21.7. The third kappa shape index (κ3) is 3.64. The van der Waals surface area contributed by atoms with Crippen LogP contribution in [0.5, 0.6) is 0 Å². The summed E-state index contributed by atoms with van der Waals surface area (Å²) in [6, 6.07) is 3.80. The molecule has 8 heteroatoms. The van der Waals surface area contributed by atoms with Gasteiger partial charge in [-0.05, 0) is 31.9 Å². The highest BCUT2D eigenvalue weighted by Crippen LogP contribution is 2.25. The van der Waals surface area contributed by atoms with Crippen molar-refractivity contribution in [3.8, 4) is 0 Å². The molecule has 0 aliphatic carbocycles. The van der Waals surface area contributed by atoms with Crippen LogP contribution in [0.15, 0.2) is 24.5 Å². The monoisotopic (exact) mass is 387 g/mol. The van der Waals surface area contributed by atoms with Gasteiger partial charge in [0.1, 0.15) is 0 Å². The van der Waals surface area contributed by atoms with Gasteiger partial charge < -0.3 is 9.80 Å². The summed E-state index contributed by atoms with van der Waals surface area (Å²) in [5.41, 5.74) is 0.870. The fourth-order valence-electron chi connectivity index (χ4n) is 3.94. The lowest BCUT2D eigenvalue weighted by molar-refractivity contribution is -0.126. The number of thiophene rings is 1. The standard InChI is InChI=1S/C19H25N5O2S/c1-14-5-6-17(27-14)19(26)23-10-8-22(9-11-23)16-4-3-7-24(18(16)25)15-12-20-21(2)13-15/h5-6,12-13,16H,3-4,7-11H2,1-2H3/t16-/m1/s1. The van der Waals surface area contributed by atoms with E-state index < -0.39 is 0 Å². The van der Waals surface area contributed by atoms with E-state index in [-0.39, 0.29) is 17.9 Å². The SMILES string of the molecule is Cc1ccc(C(=O)N2CCN([C@@H]3CCCN(c4cnn(C)c4)C3=O)CC2)s1. The Labute approximate surface area is 163 Å². The van der Waals surface area contributed by atoms with Crippen LogP contribution in [0.25, 0.3) is 0 Å². The molecule has 2 amide bonds. The predicted octanol–water partition coefficient (Wildman–Crippen LogP) is 1.74. The number of carbonyl (C=O) groups excluding carboxylic acids is 2. The average molecular weight is 388 g/mol. The maximum absolute atomic E-state index is 13.0. The summed E-state index contributed by atoms with van der Waals surface area (Å²) in [5, 5.41) is 4.19. The maximum atomic E-state index is 13.0. The molecular formula is C19H25N5O2S. The Morgan fingerprint density at radius 1 is 1.19 bits per heavy atom. The highest BCUT2D eigenvalue weighted by Gasteiger charge is 2.36. The summed E-state index contributed by atoms with van der Waals surface area (Å²) >= 11 is 1.55. The van der Waals surface area contributed by atoms with E-state index in [0.717, 1.165) is 47.9 Å². The van der Waals surface area contributed by atoms with E-state index in [9.17, 15) is 9.59 Å². The van der Waals surface area contributed by atoms with Gasteiger partial charge in [-0.15, -0.1) is 11.3 Å². The summed E-state index contributed by atoms with van der Waals surface area (Å²) in [4.78, 5) is 33.6. The first-order chi connectivity index (χ1) is 13.0. The number of anilines is 1. The van der Waals surface area contributed by atoms with Crippen molar-refractivity contribution in [2.45, 2.75) is 25.8 Å². The zero-order chi connectivity index (χ0) is 19.0. The van der Waals surface area contributed by atoms with Crippen molar-refractivity contribution < 1.29 is 9.59 Å². The molecule has 0 N–H and O–H groups in total. The number of amides is 2. The Bertz CT molecular complexity index is 837.